The van der Waals surface area contributed by atoms with Crippen LogP contribution < -0.4 is 9.47 Å². The van der Waals surface area contributed by atoms with E-state index >= 15 is 0 Å². The van der Waals surface area contributed by atoms with Gasteiger partial charge in [0.25, 0.3) is 11.8 Å². The van der Waals surface area contributed by atoms with Gasteiger partial charge in [-0.3, -0.25) is 4.79 Å². The highest BCUT2D eigenvalue weighted by Gasteiger charge is 2.34. The lowest BCUT2D eigenvalue weighted by Crippen LogP contribution is -2.40. The number of nitrogens with zero attached hydrogens (tertiary/aromatic N) is 5. The van der Waals surface area contributed by atoms with Crippen molar-refractivity contribution >= 4 is 23.0 Å². The Balaban J connectivity index is 1.14. The summed E-state index contributed by atoms with van der Waals surface area (Å²) >= 11 is 1.53. The van der Waals surface area contributed by atoms with Gasteiger partial charge in [0.15, 0.2) is 18.5 Å². The molecule has 1 unspecified atom stereocenters. The quantitative estimate of drug-likeness (QED) is 0.389. The molecule has 2 aromatic heterocycles. The SMILES string of the molecule is COc1ccc(C(F)(F)F)nc1OCC(=O)N1CCC(c2nc(C3=NOC(c4ccccc4C#N)C3)cs2)CC1. The van der Waals surface area contributed by atoms with Crippen LogP contribution in [0, 0.1) is 11.3 Å². The second kappa shape index (κ2) is 11.5. The molecule has 1 saturated heterocycles. The maximum atomic E-state index is 13.0. The molecule has 2 aliphatic rings. The lowest BCUT2D eigenvalue weighted by atomic mass is 9.97. The Hall–Kier alpha value is -4.18. The summed E-state index contributed by atoms with van der Waals surface area (Å²) < 4.78 is 49.4. The van der Waals surface area contributed by atoms with Crippen LogP contribution in [0.15, 0.2) is 46.9 Å². The Bertz CT molecular complexity index is 1460. The van der Waals surface area contributed by atoms with E-state index < -0.39 is 18.5 Å². The topological polar surface area (TPSA) is 110 Å². The molecule has 2 aliphatic heterocycles. The first-order valence-corrected chi connectivity index (χ1v) is 13.3. The third-order valence-electron chi connectivity index (χ3n) is 6.78. The number of methoxy groups -OCH3 is 1. The molecular weight excluding hydrogens is 547 g/mol. The monoisotopic (exact) mass is 571 g/mol. The molecule has 0 spiro atoms. The van der Waals surface area contributed by atoms with Crippen LogP contribution in [0.3, 0.4) is 0 Å². The number of benzene rings is 1. The van der Waals surface area contributed by atoms with Gasteiger partial charge in [-0.25, -0.2) is 9.97 Å². The summed E-state index contributed by atoms with van der Waals surface area (Å²) in [5.74, 6) is -0.558. The van der Waals surface area contributed by atoms with E-state index in [4.69, 9.17) is 19.3 Å². The fourth-order valence-corrected chi connectivity index (χ4v) is 5.62. The summed E-state index contributed by atoms with van der Waals surface area (Å²) in [6, 6.07) is 11.4. The number of nitriles is 1. The van der Waals surface area contributed by atoms with Crippen LogP contribution in [0.25, 0.3) is 0 Å². The highest BCUT2D eigenvalue weighted by molar-refractivity contribution is 7.10. The molecule has 9 nitrogen and oxygen atoms in total. The average molecular weight is 572 g/mol. The number of hydrogen-bond acceptors (Lipinski definition) is 9. The number of halogens is 3. The van der Waals surface area contributed by atoms with Crippen molar-refractivity contribution in [3.05, 3.63) is 69.3 Å². The molecule has 208 valence electrons. The predicted molar refractivity (Wildman–Crippen MR) is 138 cm³/mol. The number of thiazole rings is 1. The fraction of sp³-hybridized carbons (Fsp3) is 0.370. The van der Waals surface area contributed by atoms with Crippen LogP contribution in [-0.2, 0) is 15.8 Å². The van der Waals surface area contributed by atoms with Gasteiger partial charge in [0, 0.05) is 36.4 Å². The lowest BCUT2D eigenvalue weighted by Gasteiger charge is -2.31. The van der Waals surface area contributed by atoms with Crippen molar-refractivity contribution in [1.29, 1.82) is 5.26 Å². The number of aromatic nitrogens is 2. The summed E-state index contributed by atoms with van der Waals surface area (Å²) in [5, 5.41) is 16.5. The molecule has 1 aromatic carbocycles. The Labute approximate surface area is 231 Å². The number of alkyl halides is 3. The predicted octanol–water partition coefficient (Wildman–Crippen LogP) is 5.09. The fourth-order valence-electron chi connectivity index (χ4n) is 4.62. The van der Waals surface area contributed by atoms with Crippen LogP contribution >= 0.6 is 11.3 Å². The average Bonchev–Trinajstić information content (AvgIpc) is 3.66. The van der Waals surface area contributed by atoms with Crippen molar-refractivity contribution in [2.45, 2.75) is 37.5 Å². The van der Waals surface area contributed by atoms with Crippen molar-refractivity contribution in [3.8, 4) is 17.7 Å². The highest BCUT2D eigenvalue weighted by atomic mass is 32.1. The molecule has 1 amide bonds. The Morgan fingerprint density at radius 2 is 1.98 bits per heavy atom. The standard InChI is InChI=1S/C27H24F3N5O4S/c1-37-21-6-7-23(27(28,29)30)33-25(21)38-14-24(36)35-10-8-16(9-11-35)26-32-20(15-40-26)19-12-22(39-34-19)18-5-3-2-4-17(18)13-31/h2-7,15-16,22H,8-12,14H2,1H3. The minimum absolute atomic E-state index is 0.0111. The molecule has 13 heteroatoms. The third-order valence-corrected chi connectivity index (χ3v) is 7.79. The molecule has 1 atom stereocenters. The number of ether oxygens (including phenoxy) is 2. The van der Waals surface area contributed by atoms with E-state index in [-0.39, 0.29) is 29.6 Å². The van der Waals surface area contributed by atoms with E-state index in [1.807, 2.05) is 23.6 Å². The normalized spacial score (nSPS) is 17.6. The van der Waals surface area contributed by atoms with Gasteiger partial charge >= 0.3 is 6.18 Å². The van der Waals surface area contributed by atoms with Gasteiger partial charge in [0.05, 0.1) is 29.4 Å². The molecule has 3 aromatic rings. The summed E-state index contributed by atoms with van der Waals surface area (Å²) in [5.41, 5.74) is 1.69. The maximum absolute atomic E-state index is 13.0. The molecule has 0 radical (unpaired) electrons. The molecular formula is C27H24F3N5O4S. The van der Waals surface area contributed by atoms with Crippen LogP contribution in [-0.4, -0.2) is 53.3 Å². The van der Waals surface area contributed by atoms with E-state index in [9.17, 15) is 23.2 Å². The number of likely N-dealkylation sites (tertiary alicyclic amines) is 1. The molecule has 5 rings (SSSR count). The van der Waals surface area contributed by atoms with Gasteiger partial charge in [-0.15, -0.1) is 11.3 Å². The van der Waals surface area contributed by atoms with Crippen LogP contribution in [0.2, 0.25) is 0 Å². The zero-order chi connectivity index (χ0) is 28.3. The zero-order valence-corrected chi connectivity index (χ0v) is 22.2. The molecule has 0 aliphatic carbocycles. The largest absolute Gasteiger partial charge is 0.491 e. The first-order valence-electron chi connectivity index (χ1n) is 12.5. The molecule has 1 fully saturated rings. The first kappa shape index (κ1) is 27.4. The van der Waals surface area contributed by atoms with E-state index in [0.29, 0.717) is 37.9 Å². The molecule has 0 N–H and O–H groups in total. The van der Waals surface area contributed by atoms with Crippen molar-refractivity contribution < 1.29 is 32.3 Å². The van der Waals surface area contributed by atoms with Crippen LogP contribution in [0.4, 0.5) is 13.2 Å². The number of pyridine rings is 1. The van der Waals surface area contributed by atoms with Gasteiger partial charge in [-0.2, -0.15) is 18.4 Å². The molecule has 0 bridgehead atoms. The second-order valence-corrected chi connectivity index (χ2v) is 10.1. The summed E-state index contributed by atoms with van der Waals surface area (Å²) in [4.78, 5) is 28.2. The number of carbonyl (C=O) groups is 1. The molecule has 4 heterocycles. The number of amides is 1. The van der Waals surface area contributed by atoms with Gasteiger partial charge in [-0.1, -0.05) is 23.4 Å². The van der Waals surface area contributed by atoms with E-state index in [1.54, 1.807) is 11.0 Å². The lowest BCUT2D eigenvalue weighted by molar-refractivity contribution is -0.141. The smallest absolute Gasteiger partial charge is 0.433 e. The van der Waals surface area contributed by atoms with E-state index in [0.717, 1.165) is 34.1 Å². The van der Waals surface area contributed by atoms with E-state index in [1.165, 1.54) is 18.4 Å². The van der Waals surface area contributed by atoms with Gasteiger partial charge in [0.1, 0.15) is 11.4 Å². The Morgan fingerprint density at radius 3 is 2.70 bits per heavy atom. The summed E-state index contributed by atoms with van der Waals surface area (Å²) in [7, 11) is 1.28. The Morgan fingerprint density at radius 1 is 1.20 bits per heavy atom. The number of oxime groups is 1. The first-order chi connectivity index (χ1) is 19.3. The highest BCUT2D eigenvalue weighted by Crippen LogP contribution is 2.35. The Kier molecular flexibility index (Phi) is 7.88. The van der Waals surface area contributed by atoms with E-state index in [2.05, 4.69) is 16.2 Å². The zero-order valence-electron chi connectivity index (χ0n) is 21.3. The van der Waals surface area contributed by atoms with Crippen molar-refractivity contribution in [1.82, 2.24) is 14.9 Å². The van der Waals surface area contributed by atoms with Crippen molar-refractivity contribution in [3.63, 3.8) is 0 Å². The van der Waals surface area contributed by atoms with Crippen LogP contribution in [0.5, 0.6) is 11.6 Å². The van der Waals surface area contributed by atoms with Gasteiger partial charge in [-0.05, 0) is 31.0 Å². The number of carbonyl (C=O) groups excluding carboxylic acids is 1. The number of rotatable bonds is 7. The minimum atomic E-state index is -4.64. The van der Waals surface area contributed by atoms with Crippen molar-refractivity contribution in [2.75, 3.05) is 26.8 Å². The number of piperidine rings is 1. The van der Waals surface area contributed by atoms with Gasteiger partial charge in [0.2, 0.25) is 0 Å². The molecule has 40 heavy (non-hydrogen) atoms. The third kappa shape index (κ3) is 5.86. The summed E-state index contributed by atoms with van der Waals surface area (Å²) in [6.07, 6.45) is -3.09. The van der Waals surface area contributed by atoms with Gasteiger partial charge < -0.3 is 19.2 Å². The number of hydrogen-bond donors (Lipinski definition) is 0. The molecule has 0 saturated carbocycles. The minimum Gasteiger partial charge on any atom is -0.491 e. The summed E-state index contributed by atoms with van der Waals surface area (Å²) in [6.45, 7) is 0.477. The van der Waals surface area contributed by atoms with Crippen molar-refractivity contribution in [2.24, 2.45) is 5.16 Å². The second-order valence-electron chi connectivity index (χ2n) is 9.25. The maximum Gasteiger partial charge on any atom is 0.433 e. The van der Waals surface area contributed by atoms with Crippen LogP contribution in [0.1, 0.15) is 58.8 Å².